The summed E-state index contributed by atoms with van der Waals surface area (Å²) in [6, 6.07) is 9.77. The van der Waals surface area contributed by atoms with Crippen LogP contribution in [0.25, 0.3) is 0 Å². The van der Waals surface area contributed by atoms with Crippen LogP contribution in [0.15, 0.2) is 48.3 Å². The Bertz CT molecular complexity index is 814. The van der Waals surface area contributed by atoms with Crippen LogP contribution >= 0.6 is 23.2 Å². The molecule has 2 aromatic rings. The molecule has 2 rings (SSSR count). The molecule has 1 aromatic carbocycles. The Morgan fingerprint density at radius 3 is 2.74 bits per heavy atom. The Hall–Kier alpha value is -2.75. The number of nitrogens with one attached hydrogen (secondary N) is 2. The topological polar surface area (TPSA) is 104 Å². The van der Waals surface area contributed by atoms with Gasteiger partial charge in [0.1, 0.15) is 11.6 Å². The second-order valence-electron chi connectivity index (χ2n) is 4.35. The molecule has 4 N–H and O–H groups in total. The number of hydrogen-bond acceptors (Lipinski definition) is 5. The summed E-state index contributed by atoms with van der Waals surface area (Å²) in [5, 5.41) is 14.9. The minimum atomic E-state index is -0.619. The van der Waals surface area contributed by atoms with Crippen LogP contribution < -0.4 is 16.4 Å². The lowest BCUT2D eigenvalue weighted by molar-refractivity contribution is -0.112. The van der Waals surface area contributed by atoms with Crippen molar-refractivity contribution < 1.29 is 4.79 Å². The minimum absolute atomic E-state index is 0.155. The van der Waals surface area contributed by atoms with Gasteiger partial charge in [-0.3, -0.25) is 4.79 Å². The molecule has 8 heteroatoms. The molecule has 0 radical (unpaired) electrons. The van der Waals surface area contributed by atoms with Gasteiger partial charge < -0.3 is 16.4 Å². The highest BCUT2D eigenvalue weighted by molar-refractivity contribution is 6.34. The average molecular weight is 348 g/mol. The monoisotopic (exact) mass is 347 g/mol. The standard InChI is InChI=1S/C15H11Cl2N5O/c16-11-6-10(19)3-4-12(11)22-15(23)9(7-18)8-21-13-2-1-5-20-14(13)17/h1-6,8,21H,19H2,(H,22,23)/b9-8-. The van der Waals surface area contributed by atoms with Crippen LogP contribution in [-0.4, -0.2) is 10.9 Å². The van der Waals surface area contributed by atoms with E-state index in [1.807, 2.05) is 0 Å². The van der Waals surface area contributed by atoms with E-state index in [1.165, 1.54) is 18.5 Å². The first-order valence-electron chi connectivity index (χ1n) is 6.35. The molecule has 6 nitrogen and oxygen atoms in total. The molecule has 0 saturated carbocycles. The molecule has 0 fully saturated rings. The van der Waals surface area contributed by atoms with E-state index < -0.39 is 5.91 Å². The van der Waals surface area contributed by atoms with Gasteiger partial charge in [0, 0.05) is 18.1 Å². The quantitative estimate of drug-likeness (QED) is 0.340. The lowest BCUT2D eigenvalue weighted by Gasteiger charge is -2.08. The lowest BCUT2D eigenvalue weighted by atomic mass is 10.2. The molecule has 0 aliphatic carbocycles. The van der Waals surface area contributed by atoms with Gasteiger partial charge in [-0.15, -0.1) is 0 Å². The maximum Gasteiger partial charge on any atom is 0.267 e. The Morgan fingerprint density at radius 2 is 2.09 bits per heavy atom. The van der Waals surface area contributed by atoms with E-state index in [1.54, 1.807) is 30.3 Å². The fourth-order valence-corrected chi connectivity index (χ4v) is 2.02. The Morgan fingerprint density at radius 1 is 1.30 bits per heavy atom. The van der Waals surface area contributed by atoms with Gasteiger partial charge in [-0.25, -0.2) is 4.98 Å². The molecule has 0 spiro atoms. The Balaban J connectivity index is 2.14. The van der Waals surface area contributed by atoms with Crippen molar-refractivity contribution in [2.75, 3.05) is 16.4 Å². The molecule has 23 heavy (non-hydrogen) atoms. The molecular weight excluding hydrogens is 337 g/mol. The summed E-state index contributed by atoms with van der Waals surface area (Å²) in [5.74, 6) is -0.619. The van der Waals surface area contributed by atoms with E-state index in [2.05, 4.69) is 15.6 Å². The molecule has 1 heterocycles. The summed E-state index contributed by atoms with van der Waals surface area (Å²) in [6.45, 7) is 0. The fraction of sp³-hybridized carbons (Fsp3) is 0. The number of anilines is 3. The van der Waals surface area contributed by atoms with Crippen LogP contribution in [0.3, 0.4) is 0 Å². The second-order valence-corrected chi connectivity index (χ2v) is 5.11. The molecule has 0 bridgehead atoms. The summed E-state index contributed by atoms with van der Waals surface area (Å²) >= 11 is 11.9. The smallest absolute Gasteiger partial charge is 0.267 e. The van der Waals surface area contributed by atoms with Gasteiger partial charge in [0.15, 0.2) is 5.15 Å². The summed E-state index contributed by atoms with van der Waals surface area (Å²) in [6.07, 6.45) is 2.77. The minimum Gasteiger partial charge on any atom is -0.399 e. The molecular formula is C15H11Cl2N5O. The van der Waals surface area contributed by atoms with Crippen molar-refractivity contribution in [1.29, 1.82) is 5.26 Å². The van der Waals surface area contributed by atoms with Crippen molar-refractivity contribution in [2.45, 2.75) is 0 Å². The number of aromatic nitrogens is 1. The number of carbonyl (C=O) groups is 1. The summed E-state index contributed by atoms with van der Waals surface area (Å²) in [4.78, 5) is 16.0. The number of nitrogens with zero attached hydrogens (tertiary/aromatic N) is 2. The van der Waals surface area contributed by atoms with Crippen LogP contribution in [0.4, 0.5) is 17.1 Å². The van der Waals surface area contributed by atoms with Crippen molar-refractivity contribution in [3.8, 4) is 6.07 Å². The number of pyridine rings is 1. The zero-order valence-corrected chi connectivity index (χ0v) is 13.2. The van der Waals surface area contributed by atoms with Crippen LogP contribution in [0.2, 0.25) is 10.2 Å². The van der Waals surface area contributed by atoms with E-state index in [0.29, 0.717) is 17.1 Å². The lowest BCUT2D eigenvalue weighted by Crippen LogP contribution is -2.15. The number of rotatable bonds is 4. The molecule has 1 aromatic heterocycles. The molecule has 0 aliphatic heterocycles. The van der Waals surface area contributed by atoms with E-state index in [0.717, 1.165) is 0 Å². The summed E-state index contributed by atoms with van der Waals surface area (Å²) < 4.78 is 0. The number of nitrogen functional groups attached to an aromatic ring is 1. The SMILES string of the molecule is N#C/C(=C/Nc1cccnc1Cl)C(=O)Nc1ccc(N)cc1Cl. The van der Waals surface area contributed by atoms with Crippen molar-refractivity contribution in [3.63, 3.8) is 0 Å². The highest BCUT2D eigenvalue weighted by atomic mass is 35.5. The van der Waals surface area contributed by atoms with E-state index in [4.69, 9.17) is 34.2 Å². The maximum absolute atomic E-state index is 12.1. The summed E-state index contributed by atoms with van der Waals surface area (Å²) in [7, 11) is 0. The first-order chi connectivity index (χ1) is 11.0. The van der Waals surface area contributed by atoms with Crippen LogP contribution in [-0.2, 0) is 4.79 Å². The third-order valence-corrected chi connectivity index (χ3v) is 3.35. The van der Waals surface area contributed by atoms with Crippen molar-refractivity contribution in [3.05, 3.63) is 58.5 Å². The van der Waals surface area contributed by atoms with Crippen LogP contribution in [0, 0.1) is 11.3 Å². The van der Waals surface area contributed by atoms with Crippen molar-refractivity contribution >= 4 is 46.2 Å². The second kappa shape index (κ2) is 7.49. The predicted octanol–water partition coefficient (Wildman–Crippen LogP) is 3.43. The molecule has 0 aliphatic rings. The third kappa shape index (κ3) is 4.36. The largest absolute Gasteiger partial charge is 0.399 e. The Kier molecular flexibility index (Phi) is 5.41. The fourth-order valence-electron chi connectivity index (χ4n) is 1.61. The Labute approximate surface area is 142 Å². The number of hydrogen-bond donors (Lipinski definition) is 3. The number of carbonyl (C=O) groups excluding carboxylic acids is 1. The number of nitriles is 1. The molecule has 116 valence electrons. The summed E-state index contributed by atoms with van der Waals surface area (Å²) in [5.41, 5.74) is 6.72. The molecule has 0 saturated heterocycles. The van der Waals surface area contributed by atoms with E-state index in [9.17, 15) is 4.79 Å². The van der Waals surface area contributed by atoms with Gasteiger partial charge in [0.25, 0.3) is 5.91 Å². The number of amides is 1. The van der Waals surface area contributed by atoms with Gasteiger partial charge in [-0.1, -0.05) is 23.2 Å². The zero-order valence-electron chi connectivity index (χ0n) is 11.7. The molecule has 0 atom stereocenters. The van der Waals surface area contributed by atoms with Crippen molar-refractivity contribution in [1.82, 2.24) is 4.98 Å². The first-order valence-corrected chi connectivity index (χ1v) is 7.10. The van der Waals surface area contributed by atoms with E-state index >= 15 is 0 Å². The number of nitrogens with two attached hydrogens (primary N) is 1. The van der Waals surface area contributed by atoms with Crippen molar-refractivity contribution in [2.24, 2.45) is 0 Å². The highest BCUT2D eigenvalue weighted by Crippen LogP contribution is 2.24. The zero-order chi connectivity index (χ0) is 16.8. The van der Waals surface area contributed by atoms with Crippen LogP contribution in [0.5, 0.6) is 0 Å². The van der Waals surface area contributed by atoms with Gasteiger partial charge >= 0.3 is 0 Å². The van der Waals surface area contributed by atoms with E-state index in [-0.39, 0.29) is 15.7 Å². The molecule has 0 unspecified atom stereocenters. The van der Waals surface area contributed by atoms with Gasteiger partial charge in [-0.2, -0.15) is 5.26 Å². The molecule has 1 amide bonds. The maximum atomic E-state index is 12.1. The first kappa shape index (κ1) is 16.6. The highest BCUT2D eigenvalue weighted by Gasteiger charge is 2.11. The number of benzene rings is 1. The number of halogens is 2. The predicted molar refractivity (Wildman–Crippen MR) is 91.1 cm³/mol. The normalized spacial score (nSPS) is 10.7. The van der Waals surface area contributed by atoms with Gasteiger partial charge in [-0.05, 0) is 30.3 Å². The van der Waals surface area contributed by atoms with Crippen LogP contribution in [0.1, 0.15) is 0 Å². The third-order valence-electron chi connectivity index (χ3n) is 2.74. The van der Waals surface area contributed by atoms with Gasteiger partial charge in [0.2, 0.25) is 0 Å². The average Bonchev–Trinajstić information content (AvgIpc) is 2.52. The van der Waals surface area contributed by atoms with Gasteiger partial charge in [0.05, 0.1) is 16.4 Å².